The summed E-state index contributed by atoms with van der Waals surface area (Å²) in [6.45, 7) is 9.00. The molecule has 2 aliphatic heterocycles. The van der Waals surface area contributed by atoms with Crippen molar-refractivity contribution in [2.24, 2.45) is 23.2 Å². The number of hydrogen-bond acceptors (Lipinski definition) is 3. The van der Waals surface area contributed by atoms with Crippen LogP contribution in [0.5, 0.6) is 0 Å². The number of nitrogens with zero attached hydrogens (tertiary/aromatic N) is 2. The van der Waals surface area contributed by atoms with Crippen molar-refractivity contribution in [1.82, 2.24) is 9.80 Å². The molecule has 0 unspecified atom stereocenters. The Balaban J connectivity index is 1.43. The summed E-state index contributed by atoms with van der Waals surface area (Å²) in [5.74, 6) is 0.978. The third-order valence-corrected chi connectivity index (χ3v) is 5.96. The molecule has 0 aromatic rings. The molecule has 1 saturated heterocycles. The highest BCUT2D eigenvalue weighted by atomic mass is 16.2. The monoisotopic (exact) mass is 332 g/mol. The summed E-state index contributed by atoms with van der Waals surface area (Å²) < 4.78 is 0. The number of rotatable bonds is 3. The molecule has 5 nitrogen and oxygen atoms in total. The van der Waals surface area contributed by atoms with Crippen LogP contribution in [0.1, 0.15) is 46.5 Å². The number of carbonyl (C=O) groups is 3. The van der Waals surface area contributed by atoms with E-state index in [1.54, 1.807) is 0 Å². The molecule has 132 valence electrons. The molecule has 0 aromatic carbocycles. The molecule has 3 amide bonds. The molecule has 0 spiro atoms. The molecule has 0 aromatic heterocycles. The van der Waals surface area contributed by atoms with Crippen LogP contribution in [0.15, 0.2) is 12.2 Å². The van der Waals surface area contributed by atoms with E-state index in [1.165, 1.54) is 17.1 Å². The summed E-state index contributed by atoms with van der Waals surface area (Å²) >= 11 is 0. The van der Waals surface area contributed by atoms with E-state index in [2.05, 4.69) is 20.8 Å². The number of imide groups is 1. The topological polar surface area (TPSA) is 57.7 Å². The second-order valence-electron chi connectivity index (χ2n) is 8.64. The van der Waals surface area contributed by atoms with Crippen LogP contribution in [0.25, 0.3) is 0 Å². The molecule has 0 bridgehead atoms. The van der Waals surface area contributed by atoms with Gasteiger partial charge >= 0.3 is 0 Å². The number of amides is 3. The minimum atomic E-state index is -0.202. The minimum absolute atomic E-state index is 0.130. The number of carbonyl (C=O) groups excluding carboxylic acids is 3. The first-order valence-electron chi connectivity index (χ1n) is 9.08. The first-order valence-corrected chi connectivity index (χ1v) is 9.08. The Hall–Kier alpha value is -1.65. The van der Waals surface area contributed by atoms with Crippen LogP contribution < -0.4 is 0 Å². The zero-order valence-electron chi connectivity index (χ0n) is 15.0. The highest BCUT2D eigenvalue weighted by Crippen LogP contribution is 2.37. The van der Waals surface area contributed by atoms with E-state index < -0.39 is 0 Å². The maximum absolute atomic E-state index is 12.6. The van der Waals surface area contributed by atoms with Crippen molar-refractivity contribution in [1.29, 1.82) is 0 Å². The van der Waals surface area contributed by atoms with Crippen molar-refractivity contribution < 1.29 is 14.4 Å². The van der Waals surface area contributed by atoms with Crippen molar-refractivity contribution in [2.45, 2.75) is 46.5 Å². The van der Waals surface area contributed by atoms with Crippen LogP contribution in [0.3, 0.4) is 0 Å². The average Bonchev–Trinajstić information content (AvgIpc) is 2.77. The normalized spacial score (nSPS) is 28.5. The summed E-state index contributed by atoms with van der Waals surface area (Å²) in [4.78, 5) is 39.2. The third kappa shape index (κ3) is 3.40. The van der Waals surface area contributed by atoms with Crippen LogP contribution in [0, 0.1) is 23.2 Å². The van der Waals surface area contributed by atoms with E-state index in [1.807, 2.05) is 4.90 Å². The lowest BCUT2D eigenvalue weighted by molar-refractivity contribution is -0.147. The Kier molecular flexibility index (Phi) is 4.54. The fourth-order valence-corrected chi connectivity index (χ4v) is 3.93. The summed E-state index contributed by atoms with van der Waals surface area (Å²) in [7, 11) is 0. The van der Waals surface area contributed by atoms with Crippen LogP contribution in [-0.4, -0.2) is 47.2 Å². The Labute approximate surface area is 144 Å². The van der Waals surface area contributed by atoms with Gasteiger partial charge in [0.1, 0.15) is 0 Å². The van der Waals surface area contributed by atoms with Gasteiger partial charge in [-0.05, 0) is 42.9 Å². The van der Waals surface area contributed by atoms with E-state index in [-0.39, 0.29) is 23.1 Å². The molecule has 2 heterocycles. The van der Waals surface area contributed by atoms with Gasteiger partial charge in [0.25, 0.3) is 11.8 Å². The lowest BCUT2D eigenvalue weighted by atomic mass is 9.74. The quantitative estimate of drug-likeness (QED) is 0.745. The standard InChI is InChI=1S/C19H28N2O3/c1-19(2,3)15-11-20(12-15)18(24)14-6-4-13(5-7-14)10-21-16(22)8-9-17(21)23/h8-9,13-15H,4-7,10-12H2,1-3H3. The average molecular weight is 332 g/mol. The zero-order chi connectivity index (χ0) is 17.5. The fourth-order valence-electron chi connectivity index (χ4n) is 3.93. The first kappa shape index (κ1) is 17.2. The Morgan fingerprint density at radius 1 is 1.04 bits per heavy atom. The van der Waals surface area contributed by atoms with Gasteiger partial charge < -0.3 is 4.90 Å². The predicted octanol–water partition coefficient (Wildman–Crippen LogP) is 2.22. The van der Waals surface area contributed by atoms with Gasteiger partial charge in [0.15, 0.2) is 0 Å². The molecule has 0 radical (unpaired) electrons. The molecule has 3 aliphatic rings. The minimum Gasteiger partial charge on any atom is -0.342 e. The van der Waals surface area contributed by atoms with Crippen LogP contribution in [0.4, 0.5) is 0 Å². The van der Waals surface area contributed by atoms with Crippen LogP contribution in [0.2, 0.25) is 0 Å². The van der Waals surface area contributed by atoms with Gasteiger partial charge in [0.05, 0.1) is 0 Å². The Morgan fingerprint density at radius 3 is 2.08 bits per heavy atom. The molecule has 0 atom stereocenters. The summed E-state index contributed by atoms with van der Waals surface area (Å²) in [6, 6.07) is 0. The van der Waals surface area contributed by atoms with E-state index in [0.717, 1.165) is 38.8 Å². The molecule has 1 saturated carbocycles. The second kappa shape index (κ2) is 6.34. The van der Waals surface area contributed by atoms with Crippen molar-refractivity contribution >= 4 is 17.7 Å². The third-order valence-electron chi connectivity index (χ3n) is 5.96. The van der Waals surface area contributed by atoms with Gasteiger partial charge in [0.2, 0.25) is 5.91 Å². The highest BCUT2D eigenvalue weighted by molar-refractivity contribution is 6.12. The summed E-state index contributed by atoms with van der Waals surface area (Å²) in [5, 5.41) is 0. The lowest BCUT2D eigenvalue weighted by Gasteiger charge is -2.47. The smallest absolute Gasteiger partial charge is 0.253 e. The molecule has 24 heavy (non-hydrogen) atoms. The molecule has 5 heteroatoms. The van der Waals surface area contributed by atoms with Crippen LogP contribution in [-0.2, 0) is 14.4 Å². The SMILES string of the molecule is CC(C)(C)C1CN(C(=O)C2CCC(CN3C(=O)C=CC3=O)CC2)C1. The molecular weight excluding hydrogens is 304 g/mol. The van der Waals surface area contributed by atoms with Gasteiger partial charge in [-0.3, -0.25) is 19.3 Å². The Morgan fingerprint density at radius 2 is 1.58 bits per heavy atom. The van der Waals surface area contributed by atoms with E-state index in [0.29, 0.717) is 24.3 Å². The zero-order valence-corrected chi connectivity index (χ0v) is 15.0. The van der Waals surface area contributed by atoms with Gasteiger partial charge in [-0.15, -0.1) is 0 Å². The molecule has 3 rings (SSSR count). The van der Waals surface area contributed by atoms with E-state index >= 15 is 0 Å². The second-order valence-corrected chi connectivity index (χ2v) is 8.64. The predicted molar refractivity (Wildman–Crippen MR) is 90.8 cm³/mol. The van der Waals surface area contributed by atoms with Crippen molar-refractivity contribution in [2.75, 3.05) is 19.6 Å². The van der Waals surface area contributed by atoms with E-state index in [4.69, 9.17) is 0 Å². The highest BCUT2D eigenvalue weighted by Gasteiger charge is 2.41. The summed E-state index contributed by atoms with van der Waals surface area (Å²) in [6.07, 6.45) is 6.28. The fraction of sp³-hybridized carbons (Fsp3) is 0.737. The number of likely N-dealkylation sites (tertiary alicyclic amines) is 1. The van der Waals surface area contributed by atoms with E-state index in [9.17, 15) is 14.4 Å². The Bertz CT molecular complexity index is 544. The van der Waals surface area contributed by atoms with Crippen molar-refractivity contribution in [3.05, 3.63) is 12.2 Å². The number of hydrogen-bond donors (Lipinski definition) is 0. The van der Waals surface area contributed by atoms with Gasteiger partial charge in [-0.25, -0.2) is 0 Å². The van der Waals surface area contributed by atoms with Crippen molar-refractivity contribution in [3.8, 4) is 0 Å². The molecule has 2 fully saturated rings. The van der Waals surface area contributed by atoms with Crippen molar-refractivity contribution in [3.63, 3.8) is 0 Å². The molecule has 0 N–H and O–H groups in total. The molecule has 1 aliphatic carbocycles. The first-order chi connectivity index (χ1) is 11.3. The van der Waals surface area contributed by atoms with Gasteiger partial charge in [-0.1, -0.05) is 20.8 Å². The van der Waals surface area contributed by atoms with Crippen LogP contribution >= 0.6 is 0 Å². The van der Waals surface area contributed by atoms with Gasteiger partial charge in [0, 0.05) is 37.7 Å². The summed E-state index contributed by atoms with van der Waals surface area (Å²) in [5.41, 5.74) is 0.275. The maximum Gasteiger partial charge on any atom is 0.253 e. The largest absolute Gasteiger partial charge is 0.342 e. The maximum atomic E-state index is 12.6. The lowest BCUT2D eigenvalue weighted by Crippen LogP contribution is -2.56. The van der Waals surface area contributed by atoms with Gasteiger partial charge in [-0.2, -0.15) is 0 Å². The molecular formula is C19H28N2O3.